The highest BCUT2D eigenvalue weighted by atomic mass is 32.3. The molecular weight excluding hydrogens is 172 g/mol. The number of hydrogen-bond donors (Lipinski definition) is 2. The minimum atomic E-state index is -4.67. The first-order valence-electron chi connectivity index (χ1n) is 2.59. The Balaban J connectivity index is 0. The van der Waals surface area contributed by atoms with Gasteiger partial charge in [-0.3, -0.25) is 9.11 Å². The second-order valence-corrected chi connectivity index (χ2v) is 2.21. The Morgan fingerprint density at radius 2 is 1.82 bits per heavy atom. The Morgan fingerprint density at radius 1 is 1.45 bits per heavy atom. The second-order valence-electron chi connectivity index (χ2n) is 1.31. The van der Waals surface area contributed by atoms with Crippen molar-refractivity contribution < 1.29 is 22.3 Å². The Morgan fingerprint density at radius 3 is 1.91 bits per heavy atom. The number of hydrogen-bond acceptors (Lipinski definition) is 3. The summed E-state index contributed by atoms with van der Waals surface area (Å²) >= 11 is 0. The van der Waals surface area contributed by atoms with Gasteiger partial charge in [0.2, 0.25) is 0 Å². The fourth-order valence-corrected chi connectivity index (χ4v) is 0.167. The zero-order chi connectivity index (χ0) is 9.33. The third-order valence-corrected chi connectivity index (χ3v) is 0.380. The smallest absolute Gasteiger partial charge is 0.377 e. The summed E-state index contributed by atoms with van der Waals surface area (Å²) in [5.41, 5.74) is 0. The molecule has 67 valence electrons. The average molecular weight is 183 g/mol. The summed E-state index contributed by atoms with van der Waals surface area (Å²) in [5, 5.41) is 0. The van der Waals surface area contributed by atoms with Gasteiger partial charge in [-0.05, 0) is 6.92 Å². The molecule has 0 spiro atoms. The van der Waals surface area contributed by atoms with E-state index in [-0.39, 0.29) is 0 Å². The van der Waals surface area contributed by atoms with Crippen LogP contribution in [-0.4, -0.2) is 30.7 Å². The van der Waals surface area contributed by atoms with E-state index >= 15 is 0 Å². The van der Waals surface area contributed by atoms with Crippen molar-refractivity contribution in [3.63, 3.8) is 0 Å². The highest BCUT2D eigenvalue weighted by Gasteiger charge is 1.84. The van der Waals surface area contributed by atoms with E-state index < -0.39 is 10.4 Å². The van der Waals surface area contributed by atoms with Crippen molar-refractivity contribution in [1.82, 2.24) is 0 Å². The highest BCUT2D eigenvalue weighted by Crippen LogP contribution is 1.68. The van der Waals surface area contributed by atoms with E-state index in [0.717, 1.165) is 0 Å². The van der Waals surface area contributed by atoms with Gasteiger partial charge < -0.3 is 4.74 Å². The summed E-state index contributed by atoms with van der Waals surface area (Å²) < 4.78 is 36.3. The van der Waals surface area contributed by atoms with Crippen LogP contribution in [0.1, 0.15) is 0 Å². The molecule has 11 heavy (non-hydrogen) atoms. The van der Waals surface area contributed by atoms with E-state index in [0.29, 0.717) is 13.2 Å². The molecule has 0 aliphatic carbocycles. The molecular formula is C5H11O5S. The molecule has 0 atom stereocenters. The van der Waals surface area contributed by atoms with Gasteiger partial charge in [0, 0.05) is 6.61 Å². The number of ether oxygens (including phenoxy) is 1. The standard InChI is InChI=1S/C5H9O.H2O4S/c1-3-5-6-4-2;1-5(2,3)4/h3H,1-2,4-5H2;(H2,1,2,3,4). The van der Waals surface area contributed by atoms with Crippen LogP contribution in [0, 0.1) is 6.92 Å². The molecule has 0 saturated heterocycles. The monoisotopic (exact) mass is 183 g/mol. The van der Waals surface area contributed by atoms with Crippen LogP contribution >= 0.6 is 0 Å². The Bertz CT molecular complexity index is 163. The topological polar surface area (TPSA) is 83.8 Å². The van der Waals surface area contributed by atoms with Crippen LogP contribution < -0.4 is 0 Å². The molecule has 0 aromatic rings. The molecule has 0 bridgehead atoms. The zero-order valence-corrected chi connectivity index (χ0v) is 6.75. The van der Waals surface area contributed by atoms with Crippen LogP contribution in [0.4, 0.5) is 0 Å². The Hall–Kier alpha value is -0.430. The van der Waals surface area contributed by atoms with E-state index in [1.807, 2.05) is 0 Å². The van der Waals surface area contributed by atoms with Crippen LogP contribution in [-0.2, 0) is 15.1 Å². The summed E-state index contributed by atoms with van der Waals surface area (Å²) in [7, 11) is -4.67. The van der Waals surface area contributed by atoms with Gasteiger partial charge in [-0.15, -0.1) is 6.58 Å². The van der Waals surface area contributed by atoms with Crippen molar-refractivity contribution in [1.29, 1.82) is 0 Å². The highest BCUT2D eigenvalue weighted by molar-refractivity contribution is 7.79. The van der Waals surface area contributed by atoms with Crippen LogP contribution in [0.5, 0.6) is 0 Å². The van der Waals surface area contributed by atoms with Crippen LogP contribution in [0.15, 0.2) is 12.7 Å². The summed E-state index contributed by atoms with van der Waals surface area (Å²) in [6.45, 7) is 8.05. The minimum absolute atomic E-state index is 0.534. The summed E-state index contributed by atoms with van der Waals surface area (Å²) in [4.78, 5) is 0. The lowest BCUT2D eigenvalue weighted by molar-refractivity contribution is 0.192. The van der Waals surface area contributed by atoms with Crippen molar-refractivity contribution >= 4 is 10.4 Å². The molecule has 0 unspecified atom stereocenters. The molecule has 0 saturated carbocycles. The molecule has 0 rings (SSSR count). The molecule has 1 radical (unpaired) electrons. The molecule has 6 heteroatoms. The first kappa shape index (κ1) is 13.2. The molecule has 0 aromatic heterocycles. The van der Waals surface area contributed by atoms with Gasteiger partial charge in [0.1, 0.15) is 0 Å². The molecule has 0 aromatic carbocycles. The quantitative estimate of drug-likeness (QED) is 0.375. The van der Waals surface area contributed by atoms with Gasteiger partial charge in [0.25, 0.3) is 0 Å². The van der Waals surface area contributed by atoms with E-state index in [1.165, 1.54) is 0 Å². The molecule has 0 heterocycles. The van der Waals surface area contributed by atoms with Crippen molar-refractivity contribution in [2.24, 2.45) is 0 Å². The largest absolute Gasteiger partial charge is 0.394 e. The van der Waals surface area contributed by atoms with Gasteiger partial charge in [0.15, 0.2) is 0 Å². The lowest BCUT2D eigenvalue weighted by atomic mass is 10.7. The molecule has 0 fully saturated rings. The third kappa shape index (κ3) is 83.0. The second kappa shape index (κ2) is 7.67. The van der Waals surface area contributed by atoms with Crippen LogP contribution in [0.2, 0.25) is 0 Å². The first-order valence-corrected chi connectivity index (χ1v) is 3.99. The van der Waals surface area contributed by atoms with E-state index in [2.05, 4.69) is 13.5 Å². The summed E-state index contributed by atoms with van der Waals surface area (Å²) in [6, 6.07) is 0. The lowest BCUT2D eigenvalue weighted by Gasteiger charge is -1.88. The zero-order valence-electron chi connectivity index (χ0n) is 5.93. The SMILES string of the molecule is O=S(=O)(O)O.[CH2]COCC=C. The fourth-order valence-electron chi connectivity index (χ4n) is 0.167. The van der Waals surface area contributed by atoms with Gasteiger partial charge in [-0.25, -0.2) is 0 Å². The third-order valence-electron chi connectivity index (χ3n) is 0.380. The van der Waals surface area contributed by atoms with Crippen LogP contribution in [0.3, 0.4) is 0 Å². The van der Waals surface area contributed by atoms with E-state index in [9.17, 15) is 0 Å². The Kier molecular flexibility index (Phi) is 9.20. The maximum absolute atomic E-state index is 8.74. The van der Waals surface area contributed by atoms with Crippen molar-refractivity contribution in [2.45, 2.75) is 0 Å². The van der Waals surface area contributed by atoms with E-state index in [1.54, 1.807) is 6.08 Å². The predicted octanol–water partition coefficient (Wildman–Crippen LogP) is 0.370. The normalized spacial score (nSPS) is 9.73. The summed E-state index contributed by atoms with van der Waals surface area (Å²) in [5.74, 6) is 0. The van der Waals surface area contributed by atoms with Crippen molar-refractivity contribution in [3.05, 3.63) is 19.6 Å². The molecule has 0 aliphatic heterocycles. The predicted molar refractivity (Wildman–Crippen MR) is 40.6 cm³/mol. The molecule has 0 amide bonds. The van der Waals surface area contributed by atoms with Crippen molar-refractivity contribution in [3.8, 4) is 0 Å². The molecule has 0 aliphatic rings. The number of rotatable bonds is 3. The van der Waals surface area contributed by atoms with Crippen molar-refractivity contribution in [2.75, 3.05) is 13.2 Å². The summed E-state index contributed by atoms with van der Waals surface area (Å²) in [6.07, 6.45) is 1.70. The lowest BCUT2D eigenvalue weighted by Crippen LogP contribution is -1.89. The molecule has 5 nitrogen and oxygen atoms in total. The average Bonchev–Trinajstić information content (AvgIpc) is 1.79. The molecule has 2 N–H and O–H groups in total. The maximum Gasteiger partial charge on any atom is 0.394 e. The fraction of sp³-hybridized carbons (Fsp3) is 0.400. The Labute approximate surface area is 66.3 Å². The van der Waals surface area contributed by atoms with Gasteiger partial charge in [-0.2, -0.15) is 8.42 Å². The van der Waals surface area contributed by atoms with Gasteiger partial charge in [-0.1, -0.05) is 6.08 Å². The van der Waals surface area contributed by atoms with E-state index in [4.69, 9.17) is 22.3 Å². The van der Waals surface area contributed by atoms with Gasteiger partial charge >= 0.3 is 10.4 Å². The first-order chi connectivity index (χ1) is 4.91. The van der Waals surface area contributed by atoms with Crippen LogP contribution in [0.25, 0.3) is 0 Å². The van der Waals surface area contributed by atoms with Gasteiger partial charge in [0.05, 0.1) is 6.61 Å². The maximum atomic E-state index is 8.74. The minimum Gasteiger partial charge on any atom is -0.377 e.